The van der Waals surface area contributed by atoms with Gasteiger partial charge in [-0.25, -0.2) is 0 Å². The minimum Gasteiger partial charge on any atom is -1.00 e. The lowest BCUT2D eigenvalue weighted by atomic mass is 10.3. The minimum absolute atomic E-state index is 0. The largest absolute Gasteiger partial charge is 1.00 e. The number of nitrogens with one attached hydrogen (secondary N) is 1. The van der Waals surface area contributed by atoms with Gasteiger partial charge >= 0.3 is 0 Å². The first-order valence-corrected chi connectivity index (χ1v) is 3.63. The Balaban J connectivity index is 0.000000500. The number of aromatic amines is 1. The van der Waals surface area contributed by atoms with Gasteiger partial charge in [-0.3, -0.25) is 0 Å². The van der Waals surface area contributed by atoms with Crippen LogP contribution in [-0.4, -0.2) is 0 Å². The van der Waals surface area contributed by atoms with Crippen LogP contribution in [0.5, 0.6) is 0 Å². The summed E-state index contributed by atoms with van der Waals surface area (Å²) in [6.45, 7) is 0. The summed E-state index contributed by atoms with van der Waals surface area (Å²) < 4.78 is 4.40. The van der Waals surface area contributed by atoms with Crippen LogP contribution >= 0.6 is 11.5 Å². The Morgan fingerprint density at radius 2 is 2.00 bits per heavy atom. The van der Waals surface area contributed by atoms with Crippen LogP contribution in [0.3, 0.4) is 0 Å². The van der Waals surface area contributed by atoms with Gasteiger partial charge in [0.25, 0.3) is 0 Å². The molecular weight excluding hydrogens is 166 g/mol. The molecule has 0 aliphatic rings. The van der Waals surface area contributed by atoms with E-state index < -0.39 is 0 Å². The number of aromatic nitrogens is 1. The summed E-state index contributed by atoms with van der Waals surface area (Å²) in [5, 5.41) is 1.29. The highest BCUT2D eigenvalue weighted by atomic mass is 35.5. The molecule has 3 heteroatoms. The molecule has 10 heavy (non-hydrogen) atoms. The van der Waals surface area contributed by atoms with E-state index in [0.717, 1.165) is 0 Å². The number of H-pyrrole nitrogens is 1. The molecule has 0 saturated carbocycles. The van der Waals surface area contributed by atoms with Crippen molar-refractivity contribution < 1.29 is 16.8 Å². The SMILES string of the molecule is [Cl-].c1ccc2s[nH+]cc2c1. The highest BCUT2D eigenvalue weighted by Crippen LogP contribution is 2.12. The van der Waals surface area contributed by atoms with Crippen molar-refractivity contribution in [3.63, 3.8) is 0 Å². The first kappa shape index (κ1) is 7.51. The van der Waals surface area contributed by atoms with Crippen molar-refractivity contribution >= 4 is 21.6 Å². The lowest BCUT2D eigenvalue weighted by molar-refractivity contribution is -0.287. The Kier molecular flexibility index (Phi) is 2.25. The zero-order valence-electron chi connectivity index (χ0n) is 5.17. The molecular formula is C7H6ClNS. The zero-order chi connectivity index (χ0) is 6.10. The highest BCUT2D eigenvalue weighted by molar-refractivity contribution is 7.09. The fourth-order valence-corrected chi connectivity index (χ4v) is 1.55. The van der Waals surface area contributed by atoms with Crippen molar-refractivity contribution in [2.45, 2.75) is 0 Å². The third-order valence-corrected chi connectivity index (χ3v) is 2.13. The van der Waals surface area contributed by atoms with Crippen LogP contribution in [0.15, 0.2) is 30.5 Å². The molecule has 52 valence electrons. The lowest BCUT2D eigenvalue weighted by Crippen LogP contribution is -3.00. The van der Waals surface area contributed by atoms with Gasteiger partial charge in [-0.15, -0.1) is 0 Å². The second-order valence-corrected chi connectivity index (χ2v) is 2.78. The normalized spacial score (nSPS) is 9.20. The van der Waals surface area contributed by atoms with Crippen LogP contribution in [-0.2, 0) is 0 Å². The molecule has 0 spiro atoms. The van der Waals surface area contributed by atoms with E-state index in [1.165, 1.54) is 10.1 Å². The molecule has 0 aliphatic heterocycles. The molecule has 2 rings (SSSR count). The molecule has 0 unspecified atom stereocenters. The summed E-state index contributed by atoms with van der Waals surface area (Å²) in [6, 6.07) is 8.30. The van der Waals surface area contributed by atoms with E-state index in [1.807, 2.05) is 18.3 Å². The number of hydrogen-bond donors (Lipinski definition) is 0. The molecule has 2 aromatic rings. The molecule has 0 bridgehead atoms. The van der Waals surface area contributed by atoms with E-state index in [1.54, 1.807) is 11.5 Å². The monoisotopic (exact) mass is 171 g/mol. The molecule has 1 aromatic heterocycles. The fourth-order valence-electron chi connectivity index (χ4n) is 0.849. The zero-order valence-corrected chi connectivity index (χ0v) is 6.75. The van der Waals surface area contributed by atoms with E-state index >= 15 is 0 Å². The van der Waals surface area contributed by atoms with Crippen LogP contribution in [0.2, 0.25) is 0 Å². The average molecular weight is 172 g/mol. The van der Waals surface area contributed by atoms with Crippen LogP contribution in [0.25, 0.3) is 10.1 Å². The van der Waals surface area contributed by atoms with Gasteiger partial charge in [-0.1, -0.05) is 12.1 Å². The summed E-state index contributed by atoms with van der Waals surface area (Å²) in [5.74, 6) is 0. The Morgan fingerprint density at radius 3 is 2.80 bits per heavy atom. The van der Waals surface area contributed by atoms with Gasteiger partial charge < -0.3 is 12.4 Å². The van der Waals surface area contributed by atoms with E-state index in [0.29, 0.717) is 0 Å². The minimum atomic E-state index is 0. The molecule has 0 amide bonds. The van der Waals surface area contributed by atoms with Crippen molar-refractivity contribution in [3.05, 3.63) is 30.5 Å². The first-order chi connectivity index (χ1) is 4.47. The van der Waals surface area contributed by atoms with Crippen molar-refractivity contribution in [3.8, 4) is 0 Å². The van der Waals surface area contributed by atoms with Gasteiger partial charge in [-0.05, 0) is 12.1 Å². The standard InChI is InChI=1S/C7H5NS.ClH/c1-2-4-7-6(3-1)5-8-9-7;/h1-5H;1H. The number of halogens is 1. The Morgan fingerprint density at radius 1 is 1.20 bits per heavy atom. The maximum atomic E-state index is 3.08. The third-order valence-electron chi connectivity index (χ3n) is 1.30. The summed E-state index contributed by atoms with van der Waals surface area (Å²) in [7, 11) is 0. The summed E-state index contributed by atoms with van der Waals surface area (Å²) >= 11 is 1.66. The third kappa shape index (κ3) is 1.13. The summed E-state index contributed by atoms with van der Waals surface area (Å²) in [5.41, 5.74) is 0. The predicted molar refractivity (Wildman–Crippen MR) is 38.4 cm³/mol. The Hall–Kier alpha value is -0.600. The molecule has 1 heterocycles. The van der Waals surface area contributed by atoms with Crippen LogP contribution in [0.1, 0.15) is 0 Å². The van der Waals surface area contributed by atoms with Crippen molar-refractivity contribution in [1.82, 2.24) is 0 Å². The van der Waals surface area contributed by atoms with E-state index in [9.17, 15) is 0 Å². The number of benzene rings is 1. The second kappa shape index (κ2) is 2.99. The quantitative estimate of drug-likeness (QED) is 0.469. The number of rotatable bonds is 0. The second-order valence-electron chi connectivity index (χ2n) is 1.90. The van der Waals surface area contributed by atoms with Gasteiger partial charge in [0.15, 0.2) is 6.20 Å². The van der Waals surface area contributed by atoms with Crippen molar-refractivity contribution in [2.75, 3.05) is 0 Å². The topological polar surface area (TPSA) is 14.1 Å². The number of fused-ring (bicyclic) bond motifs is 1. The van der Waals surface area contributed by atoms with Gasteiger partial charge in [0.1, 0.15) is 16.2 Å². The van der Waals surface area contributed by atoms with E-state index in [2.05, 4.69) is 16.5 Å². The molecule has 1 N–H and O–H groups in total. The van der Waals surface area contributed by atoms with Crippen LogP contribution in [0, 0.1) is 0 Å². The van der Waals surface area contributed by atoms with Gasteiger partial charge in [0, 0.05) is 0 Å². The number of hydrogen-bond acceptors (Lipinski definition) is 1. The van der Waals surface area contributed by atoms with Crippen molar-refractivity contribution in [1.29, 1.82) is 0 Å². The van der Waals surface area contributed by atoms with Gasteiger partial charge in [0.2, 0.25) is 0 Å². The predicted octanol–water partition coefficient (Wildman–Crippen LogP) is -1.28. The van der Waals surface area contributed by atoms with E-state index in [-0.39, 0.29) is 12.4 Å². The summed E-state index contributed by atoms with van der Waals surface area (Å²) in [6.07, 6.45) is 2.01. The molecule has 1 aromatic carbocycles. The lowest BCUT2D eigenvalue weighted by Gasteiger charge is -1.76. The molecule has 0 aliphatic carbocycles. The molecule has 0 saturated heterocycles. The smallest absolute Gasteiger partial charge is 0.189 e. The summed E-state index contributed by atoms with van der Waals surface area (Å²) in [4.78, 5) is 0. The van der Waals surface area contributed by atoms with Crippen molar-refractivity contribution in [2.24, 2.45) is 0 Å². The molecule has 0 fully saturated rings. The Labute approximate surface area is 69.3 Å². The highest BCUT2D eigenvalue weighted by Gasteiger charge is 1.95. The Bertz CT molecular complexity index is 288. The molecule has 0 atom stereocenters. The van der Waals surface area contributed by atoms with Gasteiger partial charge in [-0.2, -0.15) is 4.37 Å². The average Bonchev–Trinajstić information content (AvgIpc) is 2.33. The molecule has 1 nitrogen and oxygen atoms in total. The molecule has 0 radical (unpaired) electrons. The maximum Gasteiger partial charge on any atom is 0.189 e. The first-order valence-electron chi connectivity index (χ1n) is 2.81. The van der Waals surface area contributed by atoms with Crippen LogP contribution in [0.4, 0.5) is 0 Å². The fraction of sp³-hybridized carbons (Fsp3) is 0. The van der Waals surface area contributed by atoms with E-state index in [4.69, 9.17) is 0 Å². The maximum absolute atomic E-state index is 3.08. The van der Waals surface area contributed by atoms with Gasteiger partial charge in [0.05, 0.1) is 5.39 Å². The van der Waals surface area contributed by atoms with Crippen LogP contribution < -0.4 is 16.8 Å².